The Kier molecular flexibility index (Phi) is 3.43. The lowest BCUT2D eigenvalue weighted by Crippen LogP contribution is -2.33. The minimum Gasteiger partial charge on any atom is -0.497 e. The fourth-order valence-electron chi connectivity index (χ4n) is 1.10. The monoisotopic (exact) mass is 202 g/mol. The first-order chi connectivity index (χ1) is 6.56. The summed E-state index contributed by atoms with van der Waals surface area (Å²) in [5.41, 5.74) is -0.639. The number of ether oxygens (including phenoxy) is 1. The molecule has 0 radical (unpaired) electrons. The van der Waals surface area contributed by atoms with Gasteiger partial charge >= 0.3 is 7.12 Å². The van der Waals surface area contributed by atoms with Gasteiger partial charge in [-0.05, 0) is 17.6 Å². The minimum atomic E-state index is -2.74. The average Bonchev–Trinajstić information content (AvgIpc) is 2.16. The zero-order valence-corrected chi connectivity index (χ0v) is 7.45. The van der Waals surface area contributed by atoms with Crippen LogP contribution in [0.5, 0.6) is 5.75 Å². The van der Waals surface area contributed by atoms with Gasteiger partial charge in [-0.3, -0.25) is 0 Å². The van der Waals surface area contributed by atoms with Crippen molar-refractivity contribution in [3.05, 3.63) is 23.8 Å². The van der Waals surface area contributed by atoms with Crippen molar-refractivity contribution in [1.82, 2.24) is 0 Å². The van der Waals surface area contributed by atoms with E-state index in [1.54, 1.807) is 0 Å². The molecule has 1 rings (SSSR count). The van der Waals surface area contributed by atoms with Gasteiger partial charge in [-0.25, -0.2) is 8.78 Å². The van der Waals surface area contributed by atoms with Crippen molar-refractivity contribution in [2.75, 3.05) is 7.11 Å². The molecule has 0 fully saturated rings. The van der Waals surface area contributed by atoms with Crippen LogP contribution in [0, 0.1) is 0 Å². The van der Waals surface area contributed by atoms with E-state index < -0.39 is 19.1 Å². The molecule has 3 nitrogen and oxygen atoms in total. The zero-order chi connectivity index (χ0) is 10.7. The minimum absolute atomic E-state index is 0.237. The molecule has 14 heavy (non-hydrogen) atoms. The van der Waals surface area contributed by atoms with Crippen molar-refractivity contribution in [3.63, 3.8) is 0 Å². The van der Waals surface area contributed by atoms with E-state index in [4.69, 9.17) is 14.8 Å². The van der Waals surface area contributed by atoms with Crippen LogP contribution in [0.15, 0.2) is 18.2 Å². The molecule has 0 aliphatic rings. The maximum Gasteiger partial charge on any atom is 0.489 e. The van der Waals surface area contributed by atoms with E-state index in [1.807, 2.05) is 0 Å². The highest BCUT2D eigenvalue weighted by Crippen LogP contribution is 2.19. The fourth-order valence-corrected chi connectivity index (χ4v) is 1.10. The SMILES string of the molecule is COc1ccc(C(F)F)c(B(O)O)c1. The van der Waals surface area contributed by atoms with Gasteiger partial charge < -0.3 is 14.8 Å². The largest absolute Gasteiger partial charge is 0.497 e. The second kappa shape index (κ2) is 4.39. The van der Waals surface area contributed by atoms with Crippen molar-refractivity contribution in [1.29, 1.82) is 0 Å². The molecule has 76 valence electrons. The topological polar surface area (TPSA) is 49.7 Å². The molecule has 0 bridgehead atoms. The third-order valence-electron chi connectivity index (χ3n) is 1.81. The summed E-state index contributed by atoms with van der Waals surface area (Å²) in [6.07, 6.45) is -2.74. The Morgan fingerprint density at radius 2 is 2.00 bits per heavy atom. The number of alkyl halides is 2. The first-order valence-electron chi connectivity index (χ1n) is 3.88. The van der Waals surface area contributed by atoms with Crippen molar-refractivity contribution < 1.29 is 23.6 Å². The van der Waals surface area contributed by atoms with Crippen LogP contribution in [0.3, 0.4) is 0 Å². The van der Waals surface area contributed by atoms with Crippen LogP contribution in [0.1, 0.15) is 12.0 Å². The van der Waals surface area contributed by atoms with E-state index in [1.165, 1.54) is 19.2 Å². The van der Waals surface area contributed by atoms with E-state index in [9.17, 15) is 8.78 Å². The molecule has 6 heteroatoms. The summed E-state index contributed by atoms with van der Waals surface area (Å²) in [4.78, 5) is 0. The van der Waals surface area contributed by atoms with Crippen LogP contribution in [0.25, 0.3) is 0 Å². The van der Waals surface area contributed by atoms with Crippen molar-refractivity contribution in [2.24, 2.45) is 0 Å². The molecule has 0 amide bonds. The maximum absolute atomic E-state index is 12.4. The number of methoxy groups -OCH3 is 1. The van der Waals surface area contributed by atoms with Crippen LogP contribution in [0.4, 0.5) is 8.78 Å². The molecule has 0 saturated carbocycles. The fraction of sp³-hybridized carbons (Fsp3) is 0.250. The Bertz CT molecular complexity index is 317. The molecule has 0 aromatic heterocycles. The van der Waals surface area contributed by atoms with Crippen molar-refractivity contribution >= 4 is 12.6 Å². The normalized spacial score (nSPS) is 10.4. The number of rotatable bonds is 3. The van der Waals surface area contributed by atoms with Gasteiger partial charge in [0.05, 0.1) is 7.11 Å². The predicted octanol–water partition coefficient (Wildman–Crippen LogP) is 0.313. The molecule has 0 heterocycles. The number of benzene rings is 1. The molecule has 0 saturated heterocycles. The summed E-state index contributed by atoms with van der Waals surface area (Å²) in [6.45, 7) is 0. The van der Waals surface area contributed by atoms with Gasteiger partial charge in [-0.1, -0.05) is 6.07 Å². The molecule has 0 unspecified atom stereocenters. The zero-order valence-electron chi connectivity index (χ0n) is 7.45. The lowest BCUT2D eigenvalue weighted by Gasteiger charge is -2.09. The van der Waals surface area contributed by atoms with E-state index in [0.29, 0.717) is 5.75 Å². The molecule has 1 aromatic rings. The number of halogens is 2. The van der Waals surface area contributed by atoms with E-state index in [2.05, 4.69) is 0 Å². The maximum atomic E-state index is 12.4. The van der Waals surface area contributed by atoms with Crippen LogP contribution in [-0.4, -0.2) is 24.3 Å². The van der Waals surface area contributed by atoms with Crippen LogP contribution >= 0.6 is 0 Å². The highest BCUT2D eigenvalue weighted by Gasteiger charge is 2.21. The van der Waals surface area contributed by atoms with Gasteiger partial charge in [0.1, 0.15) is 5.75 Å². The molecule has 0 atom stereocenters. The molecular formula is C8H9BF2O3. The summed E-state index contributed by atoms with van der Waals surface area (Å²) >= 11 is 0. The summed E-state index contributed by atoms with van der Waals surface area (Å²) in [5.74, 6) is 0.303. The molecule has 1 aromatic carbocycles. The van der Waals surface area contributed by atoms with Gasteiger partial charge in [0.2, 0.25) is 0 Å². The molecular weight excluding hydrogens is 193 g/mol. The van der Waals surface area contributed by atoms with E-state index >= 15 is 0 Å². The standard InChI is InChI=1S/C8H9BF2O3/c1-14-5-2-3-6(8(10)11)7(4-5)9(12)13/h2-4,8,12-13H,1H3. The Balaban J connectivity index is 3.17. The first-order valence-corrected chi connectivity index (χ1v) is 3.88. The Labute approximate surface area is 80.1 Å². The summed E-state index contributed by atoms with van der Waals surface area (Å²) in [5, 5.41) is 17.7. The highest BCUT2D eigenvalue weighted by molar-refractivity contribution is 6.59. The molecule has 2 N–H and O–H groups in total. The quantitative estimate of drug-likeness (QED) is 0.693. The Hall–Kier alpha value is -1.14. The van der Waals surface area contributed by atoms with Gasteiger partial charge in [0.15, 0.2) is 0 Å². The second-order valence-electron chi connectivity index (χ2n) is 2.67. The van der Waals surface area contributed by atoms with Gasteiger partial charge in [-0.15, -0.1) is 0 Å². The first kappa shape index (κ1) is 10.9. The van der Waals surface area contributed by atoms with Gasteiger partial charge in [0, 0.05) is 5.56 Å². The summed E-state index contributed by atoms with van der Waals surface area (Å²) in [6, 6.07) is 3.62. The lowest BCUT2D eigenvalue weighted by molar-refractivity contribution is 0.152. The third kappa shape index (κ3) is 2.21. The van der Waals surface area contributed by atoms with E-state index in [0.717, 1.165) is 6.07 Å². The Morgan fingerprint density at radius 3 is 2.43 bits per heavy atom. The van der Waals surface area contributed by atoms with Crippen molar-refractivity contribution in [3.8, 4) is 5.75 Å². The number of hydrogen-bond donors (Lipinski definition) is 2. The lowest BCUT2D eigenvalue weighted by atomic mass is 9.77. The smallest absolute Gasteiger partial charge is 0.489 e. The van der Waals surface area contributed by atoms with Crippen LogP contribution in [-0.2, 0) is 0 Å². The van der Waals surface area contributed by atoms with E-state index in [-0.39, 0.29) is 5.46 Å². The average molecular weight is 202 g/mol. The molecule has 0 aliphatic carbocycles. The summed E-state index contributed by atoms with van der Waals surface area (Å²) < 4.78 is 29.5. The summed E-state index contributed by atoms with van der Waals surface area (Å²) in [7, 11) is -0.556. The molecule has 0 aliphatic heterocycles. The number of hydrogen-bond acceptors (Lipinski definition) is 3. The second-order valence-corrected chi connectivity index (χ2v) is 2.67. The Morgan fingerprint density at radius 1 is 1.36 bits per heavy atom. The van der Waals surface area contributed by atoms with Crippen LogP contribution in [0.2, 0.25) is 0 Å². The predicted molar refractivity (Wildman–Crippen MR) is 47.8 cm³/mol. The van der Waals surface area contributed by atoms with Gasteiger partial charge in [-0.2, -0.15) is 0 Å². The molecule has 0 spiro atoms. The highest BCUT2D eigenvalue weighted by atomic mass is 19.3. The van der Waals surface area contributed by atoms with Crippen LogP contribution < -0.4 is 10.2 Å². The van der Waals surface area contributed by atoms with Crippen molar-refractivity contribution in [2.45, 2.75) is 6.43 Å². The van der Waals surface area contributed by atoms with Gasteiger partial charge in [0.25, 0.3) is 6.43 Å². The third-order valence-corrected chi connectivity index (χ3v) is 1.81.